The van der Waals surface area contributed by atoms with Crippen LogP contribution in [0.2, 0.25) is 0 Å². The number of amides is 1. The van der Waals surface area contributed by atoms with E-state index in [0.717, 1.165) is 16.7 Å². The van der Waals surface area contributed by atoms with Gasteiger partial charge in [-0.3, -0.25) is 14.4 Å². The van der Waals surface area contributed by atoms with Gasteiger partial charge in [-0.05, 0) is 63.8 Å². The number of anilines is 1. The second-order valence-corrected chi connectivity index (χ2v) is 7.11. The first-order chi connectivity index (χ1) is 13.6. The van der Waals surface area contributed by atoms with Crippen LogP contribution in [-0.2, 0) is 20.7 Å². The molecule has 0 aliphatic heterocycles. The number of H-pyrrole nitrogens is 1. The highest BCUT2D eigenvalue weighted by Gasteiger charge is 2.20. The molecule has 0 unspecified atom stereocenters. The van der Waals surface area contributed by atoms with E-state index in [-0.39, 0.29) is 12.0 Å². The maximum Gasteiger partial charge on any atom is 0.306 e. The predicted molar refractivity (Wildman–Crippen MR) is 110 cm³/mol. The van der Waals surface area contributed by atoms with E-state index in [2.05, 4.69) is 10.3 Å². The normalized spacial score (nSPS) is 11.4. The van der Waals surface area contributed by atoms with E-state index in [4.69, 9.17) is 10.00 Å². The van der Waals surface area contributed by atoms with E-state index >= 15 is 0 Å². The predicted octanol–water partition coefficient (Wildman–Crippen LogP) is 2.98. The highest BCUT2D eigenvalue weighted by molar-refractivity contribution is 5.95. The number of esters is 1. The molecule has 0 saturated carbocycles. The molecule has 152 valence electrons. The van der Waals surface area contributed by atoms with Gasteiger partial charge in [-0.2, -0.15) is 5.26 Å². The van der Waals surface area contributed by atoms with Crippen LogP contribution < -0.4 is 10.9 Å². The molecule has 1 aromatic carbocycles. The number of aromatic nitrogens is 1. The first-order valence-electron chi connectivity index (χ1n) is 9.34. The Morgan fingerprint density at radius 1 is 1.24 bits per heavy atom. The first kappa shape index (κ1) is 21.9. The number of aryl methyl sites for hydroxylation is 3. The molecule has 7 nitrogen and oxygen atoms in total. The van der Waals surface area contributed by atoms with Gasteiger partial charge in [0, 0.05) is 17.8 Å². The molecule has 1 atom stereocenters. The average Bonchev–Trinajstić information content (AvgIpc) is 2.63. The second kappa shape index (κ2) is 9.20. The summed E-state index contributed by atoms with van der Waals surface area (Å²) in [6.07, 6.45) is -0.622. The fourth-order valence-corrected chi connectivity index (χ4v) is 3.15. The Labute approximate surface area is 169 Å². The van der Waals surface area contributed by atoms with Gasteiger partial charge in [0.1, 0.15) is 11.6 Å². The summed E-state index contributed by atoms with van der Waals surface area (Å²) in [5.74, 6) is -0.940. The van der Waals surface area contributed by atoms with Crippen molar-refractivity contribution in [1.82, 2.24) is 4.98 Å². The van der Waals surface area contributed by atoms with Crippen molar-refractivity contribution in [2.75, 3.05) is 5.32 Å². The van der Waals surface area contributed by atoms with Crippen molar-refractivity contribution in [3.63, 3.8) is 0 Å². The lowest BCUT2D eigenvalue weighted by Crippen LogP contribution is -2.30. The molecule has 0 aliphatic rings. The van der Waals surface area contributed by atoms with Crippen molar-refractivity contribution < 1.29 is 14.3 Å². The maximum absolute atomic E-state index is 12.3. The molecule has 0 radical (unpaired) electrons. The van der Waals surface area contributed by atoms with Crippen LogP contribution >= 0.6 is 0 Å². The Balaban J connectivity index is 1.98. The fourth-order valence-electron chi connectivity index (χ4n) is 3.15. The zero-order valence-electron chi connectivity index (χ0n) is 17.3. The molecule has 0 aliphatic carbocycles. The lowest BCUT2D eigenvalue weighted by Gasteiger charge is -2.15. The minimum absolute atomic E-state index is 0.0276. The topological polar surface area (TPSA) is 112 Å². The van der Waals surface area contributed by atoms with Gasteiger partial charge < -0.3 is 15.0 Å². The summed E-state index contributed by atoms with van der Waals surface area (Å²) >= 11 is 0. The van der Waals surface area contributed by atoms with Gasteiger partial charge in [0.05, 0.1) is 0 Å². The van der Waals surface area contributed by atoms with Crippen LogP contribution in [0.3, 0.4) is 0 Å². The van der Waals surface area contributed by atoms with Crippen LogP contribution in [-0.4, -0.2) is 23.0 Å². The SMILES string of the molecule is Cc1ccc(NC(=O)[C@@H](C)OC(=O)CCc2c(C)[nH]c(=O)c(C#N)c2C)c(C)c1. The number of nitrogens with zero attached hydrogens (tertiary/aromatic N) is 1. The third-order valence-electron chi connectivity index (χ3n) is 4.82. The third-order valence-corrected chi connectivity index (χ3v) is 4.82. The molecule has 2 N–H and O–H groups in total. The summed E-state index contributed by atoms with van der Waals surface area (Å²) in [6, 6.07) is 7.54. The molecule has 2 aromatic rings. The van der Waals surface area contributed by atoms with Crippen LogP contribution in [0.15, 0.2) is 23.0 Å². The summed E-state index contributed by atoms with van der Waals surface area (Å²) in [4.78, 5) is 38.9. The molecule has 1 heterocycles. The van der Waals surface area contributed by atoms with E-state index in [9.17, 15) is 14.4 Å². The smallest absolute Gasteiger partial charge is 0.306 e. The average molecular weight is 395 g/mol. The third kappa shape index (κ3) is 5.32. The summed E-state index contributed by atoms with van der Waals surface area (Å²) in [5.41, 5.74) is 4.19. The highest BCUT2D eigenvalue weighted by Crippen LogP contribution is 2.17. The monoisotopic (exact) mass is 395 g/mol. The lowest BCUT2D eigenvalue weighted by atomic mass is 9.99. The number of carbonyl (C=O) groups is 2. The van der Waals surface area contributed by atoms with Gasteiger partial charge in [-0.1, -0.05) is 17.7 Å². The van der Waals surface area contributed by atoms with Gasteiger partial charge in [0.25, 0.3) is 11.5 Å². The van der Waals surface area contributed by atoms with Gasteiger partial charge in [0.15, 0.2) is 6.10 Å². The maximum atomic E-state index is 12.3. The van der Waals surface area contributed by atoms with Crippen LogP contribution in [0, 0.1) is 39.0 Å². The van der Waals surface area contributed by atoms with Crippen LogP contribution in [0.5, 0.6) is 0 Å². The number of rotatable bonds is 6. The Hall–Kier alpha value is -3.40. The van der Waals surface area contributed by atoms with Crippen molar-refractivity contribution in [2.24, 2.45) is 0 Å². The fraction of sp³-hybridized carbons (Fsp3) is 0.364. The minimum Gasteiger partial charge on any atom is -0.453 e. The number of benzene rings is 1. The number of ether oxygens (including phenoxy) is 1. The van der Waals surface area contributed by atoms with Crippen molar-refractivity contribution in [2.45, 2.75) is 53.6 Å². The van der Waals surface area contributed by atoms with Crippen molar-refractivity contribution in [1.29, 1.82) is 5.26 Å². The van der Waals surface area contributed by atoms with Gasteiger partial charge in [0.2, 0.25) is 0 Å². The molecule has 0 fully saturated rings. The molecular formula is C22H25N3O4. The van der Waals surface area contributed by atoms with Gasteiger partial charge in [-0.25, -0.2) is 0 Å². The van der Waals surface area contributed by atoms with E-state index in [1.807, 2.05) is 38.1 Å². The quantitative estimate of drug-likeness (QED) is 0.730. The lowest BCUT2D eigenvalue weighted by molar-refractivity contribution is -0.153. The number of nitriles is 1. The van der Waals surface area contributed by atoms with Crippen molar-refractivity contribution in [3.05, 3.63) is 62.1 Å². The first-order valence-corrected chi connectivity index (χ1v) is 9.34. The molecular weight excluding hydrogens is 370 g/mol. The summed E-state index contributed by atoms with van der Waals surface area (Å²) < 4.78 is 5.24. The zero-order valence-corrected chi connectivity index (χ0v) is 17.3. The molecule has 0 saturated heterocycles. The molecule has 1 aromatic heterocycles. The van der Waals surface area contributed by atoms with Gasteiger partial charge >= 0.3 is 5.97 Å². The molecule has 29 heavy (non-hydrogen) atoms. The number of nitrogens with one attached hydrogen (secondary N) is 2. The second-order valence-electron chi connectivity index (χ2n) is 7.11. The van der Waals surface area contributed by atoms with E-state index in [1.54, 1.807) is 13.8 Å². The van der Waals surface area contributed by atoms with Crippen molar-refractivity contribution in [3.8, 4) is 6.07 Å². The molecule has 0 spiro atoms. The van der Waals surface area contributed by atoms with E-state index in [1.165, 1.54) is 6.92 Å². The standard InChI is InChI=1S/C22H25N3O4/c1-12-6-8-19(13(2)10-12)25-21(27)16(5)29-20(26)9-7-17-14(3)18(11-23)22(28)24-15(17)4/h6,8,10,16H,7,9H2,1-5H3,(H,24,28)(H,25,27)/t16-/m1/s1. The number of hydrogen-bond acceptors (Lipinski definition) is 5. The number of carbonyl (C=O) groups excluding carboxylic acids is 2. The number of hydrogen-bond donors (Lipinski definition) is 2. The van der Waals surface area contributed by atoms with E-state index in [0.29, 0.717) is 23.4 Å². The van der Waals surface area contributed by atoms with Crippen LogP contribution in [0.1, 0.15) is 46.9 Å². The van der Waals surface area contributed by atoms with Gasteiger partial charge in [-0.15, -0.1) is 0 Å². The highest BCUT2D eigenvalue weighted by atomic mass is 16.5. The Morgan fingerprint density at radius 2 is 1.93 bits per heavy atom. The summed E-state index contributed by atoms with van der Waals surface area (Å²) in [6.45, 7) is 8.77. The molecule has 1 amide bonds. The van der Waals surface area contributed by atoms with Crippen LogP contribution in [0.4, 0.5) is 5.69 Å². The zero-order chi connectivity index (χ0) is 21.7. The summed E-state index contributed by atoms with van der Waals surface area (Å²) in [7, 11) is 0. The van der Waals surface area contributed by atoms with E-state index < -0.39 is 23.5 Å². The Bertz CT molecular complexity index is 1050. The number of aromatic amines is 1. The Kier molecular flexibility index (Phi) is 6.94. The molecule has 0 bridgehead atoms. The molecule has 2 rings (SSSR count). The number of pyridine rings is 1. The van der Waals surface area contributed by atoms with Crippen molar-refractivity contribution >= 4 is 17.6 Å². The summed E-state index contributed by atoms with van der Waals surface area (Å²) in [5, 5.41) is 11.9. The molecule has 7 heteroatoms. The Morgan fingerprint density at radius 3 is 2.55 bits per heavy atom. The van der Waals surface area contributed by atoms with Crippen LogP contribution in [0.25, 0.3) is 0 Å². The minimum atomic E-state index is -0.948. The largest absolute Gasteiger partial charge is 0.453 e.